The number of ether oxygens (including phenoxy) is 1. The van der Waals surface area contributed by atoms with E-state index >= 15 is 0 Å². The molecule has 2 aliphatic heterocycles. The van der Waals surface area contributed by atoms with E-state index in [2.05, 4.69) is 32.7 Å². The summed E-state index contributed by atoms with van der Waals surface area (Å²) in [6, 6.07) is 10.2. The van der Waals surface area contributed by atoms with Crippen LogP contribution in [0.3, 0.4) is 0 Å². The number of nitrogens with one attached hydrogen (secondary N) is 3. The van der Waals surface area contributed by atoms with Crippen LogP contribution in [0.25, 0.3) is 10.9 Å². The maximum absolute atomic E-state index is 13.0. The molecule has 1 aromatic heterocycles. The molecule has 0 saturated carbocycles. The summed E-state index contributed by atoms with van der Waals surface area (Å²) < 4.78 is 5.22. The Kier molecular flexibility index (Phi) is 5.42. The Labute approximate surface area is 201 Å². The van der Waals surface area contributed by atoms with Gasteiger partial charge in [-0.15, -0.1) is 0 Å². The summed E-state index contributed by atoms with van der Waals surface area (Å²) in [5, 5.41) is 13.3. The number of rotatable bonds is 5. The van der Waals surface area contributed by atoms with E-state index in [1.807, 2.05) is 43.3 Å². The average molecular weight is 473 g/mol. The highest BCUT2D eigenvalue weighted by molar-refractivity contribution is 6.10. The van der Waals surface area contributed by atoms with Crippen molar-refractivity contribution in [2.75, 3.05) is 27.7 Å². The van der Waals surface area contributed by atoms with Gasteiger partial charge in [0.05, 0.1) is 24.9 Å². The molecule has 0 spiro atoms. The molecular formula is C25H24N6O4. The van der Waals surface area contributed by atoms with Crippen molar-refractivity contribution < 1.29 is 19.1 Å². The first-order chi connectivity index (χ1) is 16.8. The number of amides is 4. The van der Waals surface area contributed by atoms with E-state index in [0.29, 0.717) is 23.4 Å². The minimum atomic E-state index is -1.57. The van der Waals surface area contributed by atoms with E-state index in [0.717, 1.165) is 28.7 Å². The molecule has 0 radical (unpaired) electrons. The Morgan fingerprint density at radius 3 is 2.71 bits per heavy atom. The Bertz CT molecular complexity index is 1430. The van der Waals surface area contributed by atoms with Gasteiger partial charge in [-0.3, -0.25) is 20.0 Å². The number of fused-ring (bicyclic) bond motifs is 2. The van der Waals surface area contributed by atoms with Crippen molar-refractivity contribution in [2.45, 2.75) is 18.6 Å². The normalized spacial score (nSPS) is 19.0. The lowest BCUT2D eigenvalue weighted by atomic mass is 9.99. The van der Waals surface area contributed by atoms with E-state index in [1.165, 1.54) is 12.0 Å². The minimum Gasteiger partial charge on any atom is -0.497 e. The molecule has 2 aromatic carbocycles. The first-order valence-electron chi connectivity index (χ1n) is 11.0. The predicted molar refractivity (Wildman–Crippen MR) is 128 cm³/mol. The molecule has 35 heavy (non-hydrogen) atoms. The van der Waals surface area contributed by atoms with E-state index in [9.17, 15) is 14.4 Å². The molecule has 10 nitrogen and oxygen atoms in total. The first kappa shape index (κ1) is 22.4. The van der Waals surface area contributed by atoms with Crippen LogP contribution in [0.4, 0.5) is 4.79 Å². The number of hydrogen-bond acceptors (Lipinski definition) is 6. The van der Waals surface area contributed by atoms with Crippen LogP contribution in [0.5, 0.6) is 5.75 Å². The number of carbonyl (C=O) groups excluding carboxylic acids is 3. The fourth-order valence-corrected chi connectivity index (χ4v) is 4.37. The number of H-pyrrole nitrogens is 1. The molecule has 2 aliphatic rings. The van der Waals surface area contributed by atoms with Gasteiger partial charge in [-0.1, -0.05) is 17.9 Å². The lowest BCUT2D eigenvalue weighted by Crippen LogP contribution is -2.54. The molecule has 1 atom stereocenters. The lowest BCUT2D eigenvalue weighted by Gasteiger charge is -2.26. The van der Waals surface area contributed by atoms with Crippen LogP contribution in [0.15, 0.2) is 36.4 Å². The molecule has 10 heteroatoms. The van der Waals surface area contributed by atoms with Crippen molar-refractivity contribution in [3.05, 3.63) is 58.8 Å². The number of aromatic nitrogens is 2. The van der Waals surface area contributed by atoms with Gasteiger partial charge in [-0.05, 0) is 50.0 Å². The second-order valence-electron chi connectivity index (χ2n) is 8.92. The predicted octanol–water partition coefficient (Wildman–Crippen LogP) is 1.22. The topological polar surface area (TPSA) is 120 Å². The van der Waals surface area contributed by atoms with Crippen LogP contribution < -0.4 is 15.4 Å². The third kappa shape index (κ3) is 4.06. The molecule has 3 aromatic rings. The largest absolute Gasteiger partial charge is 0.497 e. The van der Waals surface area contributed by atoms with Crippen molar-refractivity contribution in [3.8, 4) is 17.6 Å². The fraction of sp³-hybridized carbons (Fsp3) is 0.280. The summed E-state index contributed by atoms with van der Waals surface area (Å²) in [6.07, 6.45) is 0. The van der Waals surface area contributed by atoms with Gasteiger partial charge in [0.1, 0.15) is 5.75 Å². The summed E-state index contributed by atoms with van der Waals surface area (Å²) >= 11 is 0. The number of imide groups is 1. The molecule has 3 heterocycles. The number of urea groups is 1. The van der Waals surface area contributed by atoms with Crippen LogP contribution >= 0.6 is 0 Å². The molecule has 0 bridgehead atoms. The Hall–Kier alpha value is -4.36. The zero-order chi connectivity index (χ0) is 24.7. The standard InChI is InChI=1S/C25H24N6O4/c1-30(2)13-21-18-7-4-15(10-20(18)28-29-21)8-9-25(23(33)26-24(34)27-25)14-31-12-16-5-6-17(35-3)11-19(16)22(31)32/h4-7,10-11H,12-14H2,1-3H3,(H,28,29)(H2,26,27,33,34)/t25-/m1/s1. The molecule has 5 rings (SSSR count). The molecule has 4 amide bonds. The summed E-state index contributed by atoms with van der Waals surface area (Å²) in [5.74, 6) is 5.66. The summed E-state index contributed by atoms with van der Waals surface area (Å²) in [4.78, 5) is 41.5. The van der Waals surface area contributed by atoms with Gasteiger partial charge in [-0.25, -0.2) is 4.79 Å². The zero-order valence-corrected chi connectivity index (χ0v) is 19.6. The summed E-state index contributed by atoms with van der Waals surface area (Å²) in [5.41, 5.74) is 2.13. The highest BCUT2D eigenvalue weighted by Crippen LogP contribution is 2.28. The smallest absolute Gasteiger partial charge is 0.323 e. The van der Waals surface area contributed by atoms with Gasteiger partial charge in [0.15, 0.2) is 0 Å². The second-order valence-corrected chi connectivity index (χ2v) is 8.92. The van der Waals surface area contributed by atoms with E-state index in [1.54, 1.807) is 12.1 Å². The van der Waals surface area contributed by atoms with E-state index in [4.69, 9.17) is 4.74 Å². The highest BCUT2D eigenvalue weighted by atomic mass is 16.5. The average Bonchev–Trinajstić information content (AvgIpc) is 3.45. The third-order valence-electron chi connectivity index (χ3n) is 6.09. The Morgan fingerprint density at radius 2 is 2.00 bits per heavy atom. The zero-order valence-electron chi connectivity index (χ0n) is 19.6. The monoisotopic (exact) mass is 472 g/mol. The number of carbonyl (C=O) groups is 3. The Morgan fingerprint density at radius 1 is 1.17 bits per heavy atom. The highest BCUT2D eigenvalue weighted by Gasteiger charge is 2.48. The Balaban J connectivity index is 1.44. The van der Waals surface area contributed by atoms with Crippen LogP contribution in [-0.2, 0) is 17.9 Å². The van der Waals surface area contributed by atoms with E-state index in [-0.39, 0.29) is 12.5 Å². The molecule has 0 aliphatic carbocycles. The molecule has 3 N–H and O–H groups in total. The summed E-state index contributed by atoms with van der Waals surface area (Å²) in [7, 11) is 5.49. The van der Waals surface area contributed by atoms with Crippen molar-refractivity contribution in [3.63, 3.8) is 0 Å². The fourth-order valence-electron chi connectivity index (χ4n) is 4.37. The van der Waals surface area contributed by atoms with Crippen LogP contribution in [0.1, 0.15) is 27.2 Å². The quantitative estimate of drug-likeness (QED) is 0.380. The summed E-state index contributed by atoms with van der Waals surface area (Å²) in [6.45, 7) is 0.929. The van der Waals surface area contributed by atoms with Gasteiger partial charge in [0.2, 0.25) is 5.54 Å². The third-order valence-corrected chi connectivity index (χ3v) is 6.09. The lowest BCUT2D eigenvalue weighted by molar-refractivity contribution is -0.122. The maximum atomic E-state index is 13.0. The maximum Gasteiger partial charge on any atom is 0.323 e. The number of methoxy groups -OCH3 is 1. The molecular weight excluding hydrogens is 448 g/mol. The number of benzene rings is 2. The number of hydrogen-bond donors (Lipinski definition) is 3. The molecule has 0 unspecified atom stereocenters. The van der Waals surface area contributed by atoms with Gasteiger partial charge in [0.25, 0.3) is 11.8 Å². The number of nitrogens with zero attached hydrogens (tertiary/aromatic N) is 3. The van der Waals surface area contributed by atoms with Crippen molar-refractivity contribution in [1.29, 1.82) is 0 Å². The van der Waals surface area contributed by atoms with Crippen molar-refractivity contribution in [1.82, 2.24) is 30.6 Å². The molecule has 178 valence electrons. The number of aromatic amines is 1. The van der Waals surface area contributed by atoms with Crippen LogP contribution in [0.2, 0.25) is 0 Å². The minimum absolute atomic E-state index is 0.0922. The van der Waals surface area contributed by atoms with Gasteiger partial charge in [0, 0.05) is 29.6 Å². The molecule has 1 saturated heterocycles. The van der Waals surface area contributed by atoms with Crippen molar-refractivity contribution >= 4 is 28.7 Å². The molecule has 1 fully saturated rings. The van der Waals surface area contributed by atoms with Crippen molar-refractivity contribution in [2.24, 2.45) is 0 Å². The van der Waals surface area contributed by atoms with Gasteiger partial charge >= 0.3 is 6.03 Å². The second kappa shape index (κ2) is 8.45. The van der Waals surface area contributed by atoms with Crippen LogP contribution in [0, 0.1) is 11.8 Å². The first-order valence-corrected chi connectivity index (χ1v) is 11.0. The van der Waals surface area contributed by atoms with E-state index < -0.39 is 17.5 Å². The van der Waals surface area contributed by atoms with Crippen LogP contribution in [-0.4, -0.2) is 71.1 Å². The van der Waals surface area contributed by atoms with Gasteiger partial charge < -0.3 is 19.9 Å². The SMILES string of the molecule is COc1ccc2c(c1)C(=O)N(C[C@@]1(C#Cc3ccc4c(CN(C)C)[nH]nc4c3)NC(=O)NC1=O)C2. The van der Waals surface area contributed by atoms with Gasteiger partial charge in [-0.2, -0.15) is 5.10 Å².